The van der Waals surface area contributed by atoms with E-state index in [0.717, 1.165) is 0 Å². The molecule has 0 aromatic rings. The Morgan fingerprint density at radius 3 is 1.08 bits per heavy atom. The molecule has 0 saturated heterocycles. The number of hydrogen-bond donors (Lipinski definition) is 0. The zero-order valence-electron chi connectivity index (χ0n) is 7.77. The molecule has 3 nitrogen and oxygen atoms in total. The Morgan fingerprint density at radius 1 is 1.08 bits per heavy atom. The van der Waals surface area contributed by atoms with Crippen LogP contribution in [0.4, 0.5) is 0 Å². The first-order valence-corrected chi connectivity index (χ1v) is 2.64. The van der Waals surface area contributed by atoms with Crippen molar-refractivity contribution in [2.75, 3.05) is 7.05 Å². The van der Waals surface area contributed by atoms with Crippen LogP contribution in [0, 0.1) is 12.5 Å². The van der Waals surface area contributed by atoms with Gasteiger partial charge in [-0.15, -0.1) is 0 Å². The molecule has 0 aliphatic carbocycles. The third-order valence-corrected chi connectivity index (χ3v) is 0. The number of carbonyl (C=O) groups excluding carboxylic acids is 2. The van der Waals surface area contributed by atoms with E-state index in [1.165, 1.54) is 13.0 Å². The second-order valence-electron chi connectivity index (χ2n) is 1.72. The second-order valence-corrected chi connectivity index (χ2v) is 1.72. The number of nitrogens with zero attached hydrogens (tertiary/aromatic N) is 1. The van der Waals surface area contributed by atoms with Gasteiger partial charge in [0.05, 0.1) is 0 Å². The third-order valence-electron chi connectivity index (χ3n) is 0. The summed E-state index contributed by atoms with van der Waals surface area (Å²) in [4.78, 5) is 18.2. The average molecular weight is 257 g/mol. The first-order chi connectivity index (χ1) is 5.15. The van der Waals surface area contributed by atoms with Crippen LogP contribution in [0.5, 0.6) is 0 Å². The average Bonchev–Trinajstić information content (AvgIpc) is 1.96. The van der Waals surface area contributed by atoms with Crippen molar-refractivity contribution in [1.29, 1.82) is 0 Å². The standard InChI is InChI=1S/C4H9.C2H3N.2CHO.Ru/c1-4(2)3;1-3-2;2*1-2;/h1-3H3;1H3;2*1H;/q-1;;2*-1;+4. The summed E-state index contributed by atoms with van der Waals surface area (Å²) in [6.07, 6.45) is 0. The zero-order valence-corrected chi connectivity index (χ0v) is 9.51. The molecule has 12 heavy (non-hydrogen) atoms. The van der Waals surface area contributed by atoms with Crippen LogP contribution in [0.1, 0.15) is 20.8 Å². The summed E-state index contributed by atoms with van der Waals surface area (Å²) in [5.74, 6) is 1.42. The van der Waals surface area contributed by atoms with Crippen molar-refractivity contribution in [3.05, 3.63) is 17.3 Å². The Bertz CT molecular complexity index is 76.9. The van der Waals surface area contributed by atoms with E-state index in [1.54, 1.807) is 0 Å². The van der Waals surface area contributed by atoms with Crippen LogP contribution in [-0.4, -0.2) is 20.6 Å². The van der Waals surface area contributed by atoms with Gasteiger partial charge in [0, 0.05) is 0 Å². The molecule has 0 fully saturated rings. The van der Waals surface area contributed by atoms with Crippen LogP contribution in [0.15, 0.2) is 0 Å². The molecule has 0 spiro atoms. The van der Waals surface area contributed by atoms with E-state index in [0.29, 0.717) is 0 Å². The molecule has 0 aromatic carbocycles. The van der Waals surface area contributed by atoms with Crippen molar-refractivity contribution < 1.29 is 29.1 Å². The molecule has 0 rings (SSSR count). The summed E-state index contributed by atoms with van der Waals surface area (Å²) >= 11 is 0. The first-order valence-electron chi connectivity index (χ1n) is 2.64. The maximum atomic E-state index is 7.75. The Kier molecular flexibility index (Phi) is 196. The molecule has 4 heteroatoms. The van der Waals surface area contributed by atoms with Gasteiger partial charge >= 0.3 is 19.5 Å². The molecule has 0 aliphatic heterocycles. The maximum absolute atomic E-state index is 7.75. The van der Waals surface area contributed by atoms with Crippen molar-refractivity contribution in [3.8, 4) is 0 Å². The molecule has 0 saturated carbocycles. The van der Waals surface area contributed by atoms with E-state index >= 15 is 0 Å². The van der Waals surface area contributed by atoms with Crippen LogP contribution in [0.25, 0.3) is 4.85 Å². The van der Waals surface area contributed by atoms with Gasteiger partial charge < -0.3 is 20.4 Å². The van der Waals surface area contributed by atoms with Crippen LogP contribution in [-0.2, 0) is 29.1 Å². The summed E-state index contributed by atoms with van der Waals surface area (Å²) in [6, 6.07) is 0. The summed E-state index contributed by atoms with van der Waals surface area (Å²) in [7, 11) is 1.42. The summed E-state index contributed by atoms with van der Waals surface area (Å²) < 4.78 is 0. The molecule has 0 heterocycles. The Hall–Kier alpha value is -0.547. The molecule has 0 radical (unpaired) electrons. The van der Waals surface area contributed by atoms with Crippen molar-refractivity contribution >= 4 is 13.6 Å². The minimum atomic E-state index is 0. The first kappa shape index (κ1) is 30.1. The Morgan fingerprint density at radius 2 is 1.08 bits per heavy atom. The van der Waals surface area contributed by atoms with Gasteiger partial charge in [0.2, 0.25) is 7.05 Å². The summed E-state index contributed by atoms with van der Waals surface area (Å²) in [6.45, 7) is 18.6. The minimum absolute atomic E-state index is 0. The summed E-state index contributed by atoms with van der Waals surface area (Å²) in [5, 5.41) is 0. The van der Waals surface area contributed by atoms with Gasteiger partial charge in [-0.2, -0.15) is 20.8 Å². The number of hydrogen-bond acceptors (Lipinski definition) is 2. The van der Waals surface area contributed by atoms with Crippen molar-refractivity contribution in [3.63, 3.8) is 0 Å². The molecule has 0 unspecified atom stereocenters. The van der Waals surface area contributed by atoms with Crippen LogP contribution in [0.2, 0.25) is 0 Å². The van der Waals surface area contributed by atoms with Gasteiger partial charge in [-0.05, 0) is 0 Å². The fraction of sp³-hybridized carbons (Fsp3) is 0.500. The number of rotatable bonds is 0. The van der Waals surface area contributed by atoms with E-state index < -0.39 is 0 Å². The molecule has 0 amide bonds. The fourth-order valence-electron chi connectivity index (χ4n) is 0. The van der Waals surface area contributed by atoms with E-state index in [4.69, 9.17) is 16.2 Å². The van der Waals surface area contributed by atoms with Gasteiger partial charge in [-0.25, -0.2) is 6.57 Å². The SMILES string of the molecule is C[C-](C)C.[C-]#[N+]C.[CH-]=O.[CH-]=O.[Ru+4]. The van der Waals surface area contributed by atoms with E-state index in [1.807, 2.05) is 0 Å². The van der Waals surface area contributed by atoms with Crippen molar-refractivity contribution in [2.24, 2.45) is 0 Å². The van der Waals surface area contributed by atoms with Crippen molar-refractivity contribution in [1.82, 2.24) is 0 Å². The predicted octanol–water partition coefficient (Wildman–Crippen LogP) is 1.61. The van der Waals surface area contributed by atoms with Crippen LogP contribution < -0.4 is 0 Å². The predicted molar refractivity (Wildman–Crippen MR) is 46.3 cm³/mol. The van der Waals surface area contributed by atoms with E-state index in [2.05, 4.69) is 39.2 Å². The molecule has 70 valence electrons. The molecule has 0 aromatic heterocycles. The topological polar surface area (TPSA) is 38.5 Å². The minimum Gasteiger partial charge on any atom is -0.545 e. The molecule has 0 N–H and O–H groups in total. The quantitative estimate of drug-likeness (QED) is 0.375. The van der Waals surface area contributed by atoms with Gasteiger partial charge in [0.15, 0.2) is 0 Å². The zero-order chi connectivity index (χ0) is 10.3. The normalized spacial score (nSPS) is 4.33. The second kappa shape index (κ2) is 78.3. The molecular weight excluding hydrogens is 243 g/mol. The molecule has 0 atom stereocenters. The third kappa shape index (κ3) is 2260. The fourth-order valence-corrected chi connectivity index (χ4v) is 0. The monoisotopic (exact) mass is 258 g/mol. The molecule has 0 aliphatic rings. The molecular formula is C8H14NO2Ru+. The maximum Gasteiger partial charge on any atom is 4.00 e. The van der Waals surface area contributed by atoms with Gasteiger partial charge in [0.1, 0.15) is 0 Å². The van der Waals surface area contributed by atoms with Gasteiger partial charge in [-0.3, -0.25) is 13.6 Å². The van der Waals surface area contributed by atoms with Gasteiger partial charge in [0.25, 0.3) is 0 Å². The smallest absolute Gasteiger partial charge is 0.545 e. The van der Waals surface area contributed by atoms with Crippen molar-refractivity contribution in [2.45, 2.75) is 20.8 Å². The van der Waals surface area contributed by atoms with E-state index in [9.17, 15) is 0 Å². The van der Waals surface area contributed by atoms with Gasteiger partial charge in [-0.1, -0.05) is 0 Å². The molecule has 0 bridgehead atoms. The Labute approximate surface area is 88.1 Å². The largest absolute Gasteiger partial charge is 4.00 e. The summed E-state index contributed by atoms with van der Waals surface area (Å²) in [5.41, 5.74) is 0. The van der Waals surface area contributed by atoms with Crippen LogP contribution >= 0.6 is 0 Å². The van der Waals surface area contributed by atoms with E-state index in [-0.39, 0.29) is 19.5 Å². The Balaban J connectivity index is -0.0000000186. The van der Waals surface area contributed by atoms with Crippen LogP contribution in [0.3, 0.4) is 0 Å².